The molecule has 0 aromatic heterocycles. The van der Waals surface area contributed by atoms with Crippen molar-refractivity contribution in [2.75, 3.05) is 27.2 Å². The predicted octanol–water partition coefficient (Wildman–Crippen LogP) is 2.30. The summed E-state index contributed by atoms with van der Waals surface area (Å²) in [5, 5.41) is 14.0. The second-order valence-corrected chi connectivity index (χ2v) is 5.27. The van der Waals surface area contributed by atoms with E-state index in [9.17, 15) is 5.11 Å². The summed E-state index contributed by atoms with van der Waals surface area (Å²) >= 11 is 5.88. The Hall–Kier alpha value is -0.610. The summed E-state index contributed by atoms with van der Waals surface area (Å²) in [6, 6.07) is 8.12. The summed E-state index contributed by atoms with van der Waals surface area (Å²) < 4.78 is 0. The summed E-state index contributed by atoms with van der Waals surface area (Å²) in [4.78, 5) is 1.98. The van der Waals surface area contributed by atoms with Gasteiger partial charge in [0.25, 0.3) is 0 Å². The van der Waals surface area contributed by atoms with Crippen molar-refractivity contribution in [3.8, 4) is 0 Å². The molecule has 0 heterocycles. The molecule has 0 aliphatic carbocycles. The van der Waals surface area contributed by atoms with Gasteiger partial charge in [0.05, 0.1) is 6.10 Å². The van der Waals surface area contributed by atoms with E-state index in [2.05, 4.69) is 12.2 Å². The van der Waals surface area contributed by atoms with Gasteiger partial charge >= 0.3 is 0 Å². The molecule has 0 fully saturated rings. The highest BCUT2D eigenvalue weighted by atomic mass is 35.5. The minimum atomic E-state index is -0.346. The number of nitrogens with one attached hydrogen (secondary N) is 1. The molecule has 1 aromatic rings. The van der Waals surface area contributed by atoms with E-state index in [-0.39, 0.29) is 12.1 Å². The van der Waals surface area contributed by atoms with E-state index in [4.69, 9.17) is 11.6 Å². The van der Waals surface area contributed by atoms with Gasteiger partial charge in [-0.25, -0.2) is 0 Å². The van der Waals surface area contributed by atoms with E-state index >= 15 is 0 Å². The number of likely N-dealkylation sites (N-methyl/N-ethyl adjacent to an activating group) is 1. The normalized spacial score (nSPS) is 14.8. The van der Waals surface area contributed by atoms with Crippen LogP contribution in [-0.4, -0.2) is 43.3 Å². The minimum absolute atomic E-state index is 0.263. The zero-order valence-corrected chi connectivity index (χ0v) is 12.1. The molecule has 102 valence electrons. The molecular formula is C14H23ClN2O. The molecular weight excluding hydrogens is 248 g/mol. The van der Waals surface area contributed by atoms with Crippen LogP contribution in [0, 0.1) is 0 Å². The van der Waals surface area contributed by atoms with Crippen molar-refractivity contribution >= 4 is 11.6 Å². The van der Waals surface area contributed by atoms with Crippen molar-refractivity contribution in [1.29, 1.82) is 0 Å². The van der Waals surface area contributed by atoms with Crippen LogP contribution in [0.25, 0.3) is 0 Å². The van der Waals surface area contributed by atoms with Crippen molar-refractivity contribution < 1.29 is 5.11 Å². The SMILES string of the molecule is CCC(NCC(O)CN(C)C)c1ccc(Cl)cc1. The molecule has 2 N–H and O–H groups in total. The summed E-state index contributed by atoms with van der Waals surface area (Å²) in [6.45, 7) is 3.40. The lowest BCUT2D eigenvalue weighted by atomic mass is 10.0. The highest BCUT2D eigenvalue weighted by Gasteiger charge is 2.11. The molecule has 0 bridgehead atoms. The summed E-state index contributed by atoms with van der Waals surface area (Å²) in [6.07, 6.45) is 0.636. The van der Waals surface area contributed by atoms with Crippen LogP contribution in [0.3, 0.4) is 0 Å². The van der Waals surface area contributed by atoms with E-state index in [1.54, 1.807) is 0 Å². The van der Waals surface area contributed by atoms with Crippen LogP contribution < -0.4 is 5.32 Å². The Kier molecular flexibility index (Phi) is 6.65. The lowest BCUT2D eigenvalue weighted by Crippen LogP contribution is -2.36. The largest absolute Gasteiger partial charge is 0.390 e. The first-order valence-electron chi connectivity index (χ1n) is 6.34. The van der Waals surface area contributed by atoms with Gasteiger partial charge in [-0.15, -0.1) is 0 Å². The molecule has 1 rings (SSSR count). The standard InChI is InChI=1S/C14H23ClN2O/c1-4-14(11-5-7-12(15)8-6-11)16-9-13(18)10-17(2)3/h5-8,13-14,16,18H,4,9-10H2,1-3H3. The number of hydrogen-bond donors (Lipinski definition) is 2. The monoisotopic (exact) mass is 270 g/mol. The van der Waals surface area contributed by atoms with Crippen LogP contribution in [0.5, 0.6) is 0 Å². The Morgan fingerprint density at radius 3 is 2.39 bits per heavy atom. The number of hydrogen-bond acceptors (Lipinski definition) is 3. The first kappa shape index (κ1) is 15.4. The van der Waals surface area contributed by atoms with Crippen molar-refractivity contribution in [1.82, 2.24) is 10.2 Å². The van der Waals surface area contributed by atoms with Gasteiger partial charge in [0.2, 0.25) is 0 Å². The molecule has 0 aliphatic rings. The van der Waals surface area contributed by atoms with Crippen LogP contribution in [-0.2, 0) is 0 Å². The lowest BCUT2D eigenvalue weighted by molar-refractivity contribution is 0.131. The Morgan fingerprint density at radius 2 is 1.89 bits per heavy atom. The Bertz CT molecular complexity index is 340. The van der Waals surface area contributed by atoms with Crippen LogP contribution >= 0.6 is 11.6 Å². The maximum Gasteiger partial charge on any atom is 0.0791 e. The average molecular weight is 271 g/mol. The Morgan fingerprint density at radius 1 is 1.28 bits per heavy atom. The van der Waals surface area contributed by atoms with Crippen molar-refractivity contribution in [2.24, 2.45) is 0 Å². The van der Waals surface area contributed by atoms with E-state index in [1.807, 2.05) is 43.3 Å². The molecule has 1 aromatic carbocycles. The van der Waals surface area contributed by atoms with Crippen molar-refractivity contribution in [2.45, 2.75) is 25.5 Å². The van der Waals surface area contributed by atoms with Gasteiger partial charge in [0, 0.05) is 24.2 Å². The smallest absolute Gasteiger partial charge is 0.0791 e. The average Bonchev–Trinajstić information content (AvgIpc) is 2.31. The topological polar surface area (TPSA) is 35.5 Å². The fourth-order valence-corrected chi connectivity index (χ4v) is 2.08. The van der Waals surface area contributed by atoms with Gasteiger partial charge in [0.15, 0.2) is 0 Å². The zero-order valence-electron chi connectivity index (χ0n) is 11.4. The number of aliphatic hydroxyl groups excluding tert-OH is 1. The summed E-state index contributed by atoms with van der Waals surface area (Å²) in [5.41, 5.74) is 1.21. The summed E-state index contributed by atoms with van der Waals surface area (Å²) in [7, 11) is 3.92. The van der Waals surface area contributed by atoms with E-state index in [0.717, 1.165) is 11.4 Å². The van der Waals surface area contributed by atoms with Crippen LogP contribution in [0.1, 0.15) is 24.9 Å². The first-order valence-corrected chi connectivity index (χ1v) is 6.72. The van der Waals surface area contributed by atoms with Crippen LogP contribution in [0.4, 0.5) is 0 Å². The van der Waals surface area contributed by atoms with Gasteiger partial charge in [-0.3, -0.25) is 0 Å². The number of rotatable bonds is 7. The van der Waals surface area contributed by atoms with Gasteiger partial charge in [0.1, 0.15) is 0 Å². The molecule has 3 nitrogen and oxygen atoms in total. The molecule has 18 heavy (non-hydrogen) atoms. The first-order chi connectivity index (χ1) is 8.52. The molecule has 0 aliphatic heterocycles. The highest BCUT2D eigenvalue weighted by Crippen LogP contribution is 2.18. The fraction of sp³-hybridized carbons (Fsp3) is 0.571. The lowest BCUT2D eigenvalue weighted by Gasteiger charge is -2.21. The third-order valence-corrected chi connectivity index (χ3v) is 3.11. The third kappa shape index (κ3) is 5.36. The summed E-state index contributed by atoms with van der Waals surface area (Å²) in [5.74, 6) is 0. The maximum atomic E-state index is 9.83. The van der Waals surface area contributed by atoms with E-state index in [0.29, 0.717) is 13.1 Å². The van der Waals surface area contributed by atoms with Gasteiger partial charge < -0.3 is 15.3 Å². The second kappa shape index (κ2) is 7.74. The minimum Gasteiger partial charge on any atom is -0.390 e. The van der Waals surface area contributed by atoms with Crippen molar-refractivity contribution in [3.05, 3.63) is 34.9 Å². The molecule has 2 atom stereocenters. The molecule has 0 saturated heterocycles. The van der Waals surface area contributed by atoms with E-state index in [1.165, 1.54) is 5.56 Å². The molecule has 0 spiro atoms. The number of nitrogens with zero attached hydrogens (tertiary/aromatic N) is 1. The molecule has 4 heteroatoms. The second-order valence-electron chi connectivity index (χ2n) is 4.84. The van der Waals surface area contributed by atoms with Crippen LogP contribution in [0.15, 0.2) is 24.3 Å². The predicted molar refractivity (Wildman–Crippen MR) is 77.0 cm³/mol. The fourth-order valence-electron chi connectivity index (χ4n) is 1.96. The zero-order chi connectivity index (χ0) is 13.5. The molecule has 0 amide bonds. The maximum absolute atomic E-state index is 9.83. The number of halogens is 1. The third-order valence-electron chi connectivity index (χ3n) is 2.86. The van der Waals surface area contributed by atoms with Crippen LogP contribution in [0.2, 0.25) is 5.02 Å². The van der Waals surface area contributed by atoms with Gasteiger partial charge in [-0.2, -0.15) is 0 Å². The number of benzene rings is 1. The Labute approximate surface area is 115 Å². The molecule has 0 saturated carbocycles. The highest BCUT2D eigenvalue weighted by molar-refractivity contribution is 6.30. The number of aliphatic hydroxyl groups is 1. The Balaban J connectivity index is 2.49. The molecule has 0 radical (unpaired) electrons. The molecule has 2 unspecified atom stereocenters. The van der Waals surface area contributed by atoms with E-state index < -0.39 is 0 Å². The quantitative estimate of drug-likeness (QED) is 0.798. The van der Waals surface area contributed by atoms with Gasteiger partial charge in [-0.05, 0) is 38.2 Å². The van der Waals surface area contributed by atoms with Gasteiger partial charge in [-0.1, -0.05) is 30.7 Å². The van der Waals surface area contributed by atoms with Crippen molar-refractivity contribution in [3.63, 3.8) is 0 Å².